The van der Waals surface area contributed by atoms with Crippen LogP contribution in [0.3, 0.4) is 0 Å². The normalized spacial score (nSPS) is 21.6. The summed E-state index contributed by atoms with van der Waals surface area (Å²) in [4.78, 5) is 1.90. The number of hydrazone groups is 1. The summed E-state index contributed by atoms with van der Waals surface area (Å²) in [5, 5.41) is 14.8. The van der Waals surface area contributed by atoms with Gasteiger partial charge in [-0.25, -0.2) is 5.84 Å². The maximum Gasteiger partial charge on any atom is 0.233 e. The van der Waals surface area contributed by atoms with E-state index >= 15 is 0 Å². The van der Waals surface area contributed by atoms with Gasteiger partial charge in [0.25, 0.3) is 0 Å². The predicted molar refractivity (Wildman–Crippen MR) is 64.2 cm³/mol. The third-order valence-corrected chi connectivity index (χ3v) is 2.74. The summed E-state index contributed by atoms with van der Waals surface area (Å²) in [6.45, 7) is 9.11. The van der Waals surface area contributed by atoms with Gasteiger partial charge in [0.2, 0.25) is 5.96 Å². The molecule has 0 bridgehead atoms. The molecule has 0 spiro atoms. The van der Waals surface area contributed by atoms with Gasteiger partial charge in [0.05, 0.1) is 6.04 Å². The van der Waals surface area contributed by atoms with Gasteiger partial charge in [-0.2, -0.15) is 0 Å². The summed E-state index contributed by atoms with van der Waals surface area (Å²) < 4.78 is 0. The number of hydrazine groups is 1. The molecule has 0 aromatic carbocycles. The van der Waals surface area contributed by atoms with Crippen molar-refractivity contribution in [2.75, 3.05) is 13.1 Å². The van der Waals surface area contributed by atoms with Gasteiger partial charge in [0.15, 0.2) is 0 Å². The fourth-order valence-corrected chi connectivity index (χ4v) is 2.11. The topological polar surface area (TPSA) is 91.1 Å². The van der Waals surface area contributed by atoms with Gasteiger partial charge in [-0.3, -0.25) is 5.01 Å². The quantitative estimate of drug-likeness (QED) is 0.364. The molecule has 0 radical (unpaired) electrons. The van der Waals surface area contributed by atoms with Crippen LogP contribution in [0.1, 0.15) is 20.3 Å². The summed E-state index contributed by atoms with van der Waals surface area (Å²) in [5.41, 5.74) is 0. The second kappa shape index (κ2) is 5.07. The van der Waals surface area contributed by atoms with Crippen LogP contribution in [0.15, 0.2) is 17.4 Å². The molecule has 0 aromatic rings. The standard InChI is InChI=1S/C10H21N5O/c1-7(2)9(8(3)16)14-5-4-6-15(12)10(14)13-11/h7,9,16H,3-6,11-12H2,1-2H3/b13-10-. The SMILES string of the molecule is C=C(O)C(C(C)C)N1CCCN(N)/C1=N\N. The molecule has 1 fully saturated rings. The highest BCUT2D eigenvalue weighted by Gasteiger charge is 2.31. The molecule has 1 aliphatic rings. The number of nitrogens with zero attached hydrogens (tertiary/aromatic N) is 3. The van der Waals surface area contributed by atoms with Crippen molar-refractivity contribution in [1.82, 2.24) is 9.91 Å². The van der Waals surface area contributed by atoms with Gasteiger partial charge >= 0.3 is 0 Å². The minimum Gasteiger partial charge on any atom is -0.511 e. The summed E-state index contributed by atoms with van der Waals surface area (Å²) in [7, 11) is 0. The molecule has 1 atom stereocenters. The van der Waals surface area contributed by atoms with Crippen LogP contribution in [-0.2, 0) is 0 Å². The van der Waals surface area contributed by atoms with Crippen molar-refractivity contribution in [2.24, 2.45) is 22.7 Å². The van der Waals surface area contributed by atoms with Gasteiger partial charge in [0, 0.05) is 13.1 Å². The van der Waals surface area contributed by atoms with Crippen molar-refractivity contribution in [3.8, 4) is 0 Å². The summed E-state index contributed by atoms with van der Waals surface area (Å²) in [6.07, 6.45) is 0.909. The van der Waals surface area contributed by atoms with Crippen molar-refractivity contribution in [3.63, 3.8) is 0 Å². The first-order chi connectivity index (χ1) is 7.49. The van der Waals surface area contributed by atoms with Gasteiger partial charge in [-0.1, -0.05) is 20.4 Å². The lowest BCUT2D eigenvalue weighted by Crippen LogP contribution is -2.58. The Labute approximate surface area is 96.2 Å². The fraction of sp³-hybridized carbons (Fsp3) is 0.700. The lowest BCUT2D eigenvalue weighted by atomic mass is 10.0. The van der Waals surface area contributed by atoms with E-state index in [-0.39, 0.29) is 17.7 Å². The second-order valence-electron chi connectivity index (χ2n) is 4.35. The van der Waals surface area contributed by atoms with Crippen molar-refractivity contribution in [2.45, 2.75) is 26.3 Å². The number of hydrogen-bond acceptors (Lipinski definition) is 4. The molecular weight excluding hydrogens is 206 g/mol. The maximum atomic E-state index is 9.64. The molecule has 1 rings (SSSR count). The number of rotatable bonds is 3. The van der Waals surface area contributed by atoms with E-state index in [2.05, 4.69) is 11.7 Å². The minimum absolute atomic E-state index is 0.117. The Morgan fingerprint density at radius 1 is 1.50 bits per heavy atom. The Kier molecular flexibility index (Phi) is 4.00. The third-order valence-electron chi connectivity index (χ3n) is 2.74. The largest absolute Gasteiger partial charge is 0.511 e. The lowest BCUT2D eigenvalue weighted by molar-refractivity contribution is 0.162. The molecule has 1 aliphatic heterocycles. The highest BCUT2D eigenvalue weighted by Crippen LogP contribution is 2.20. The first-order valence-electron chi connectivity index (χ1n) is 5.43. The number of hydrogen-bond donors (Lipinski definition) is 3. The van der Waals surface area contributed by atoms with Crippen molar-refractivity contribution < 1.29 is 5.11 Å². The van der Waals surface area contributed by atoms with E-state index in [4.69, 9.17) is 11.7 Å². The van der Waals surface area contributed by atoms with E-state index in [0.717, 1.165) is 19.5 Å². The zero-order valence-corrected chi connectivity index (χ0v) is 9.93. The third kappa shape index (κ3) is 2.38. The molecule has 1 saturated heterocycles. The van der Waals surface area contributed by atoms with Crippen LogP contribution in [0.4, 0.5) is 0 Å². The van der Waals surface area contributed by atoms with Crippen LogP contribution in [0.25, 0.3) is 0 Å². The van der Waals surface area contributed by atoms with Gasteiger partial charge < -0.3 is 15.8 Å². The molecule has 0 saturated carbocycles. The van der Waals surface area contributed by atoms with Gasteiger partial charge in [-0.05, 0) is 12.3 Å². The molecule has 1 unspecified atom stereocenters. The van der Waals surface area contributed by atoms with E-state index < -0.39 is 0 Å². The molecule has 16 heavy (non-hydrogen) atoms. The molecule has 5 N–H and O–H groups in total. The highest BCUT2D eigenvalue weighted by molar-refractivity contribution is 5.80. The van der Waals surface area contributed by atoms with Crippen LogP contribution >= 0.6 is 0 Å². The first-order valence-corrected chi connectivity index (χ1v) is 5.43. The lowest BCUT2D eigenvalue weighted by Gasteiger charge is -2.41. The van der Waals surface area contributed by atoms with Crippen LogP contribution in [0, 0.1) is 5.92 Å². The molecule has 0 aromatic heterocycles. The number of guanidine groups is 1. The monoisotopic (exact) mass is 227 g/mol. The highest BCUT2D eigenvalue weighted by atomic mass is 16.3. The second-order valence-corrected chi connectivity index (χ2v) is 4.35. The number of nitrogens with two attached hydrogens (primary N) is 2. The molecule has 0 aliphatic carbocycles. The Bertz CT molecular complexity index is 289. The Morgan fingerprint density at radius 3 is 2.56 bits per heavy atom. The van der Waals surface area contributed by atoms with Crippen LogP contribution in [-0.4, -0.2) is 40.1 Å². The molecule has 6 heteroatoms. The van der Waals surface area contributed by atoms with E-state index in [9.17, 15) is 5.11 Å². The Balaban J connectivity index is 2.94. The Morgan fingerprint density at radius 2 is 2.12 bits per heavy atom. The maximum absolute atomic E-state index is 9.64. The molecule has 1 heterocycles. The molecule has 92 valence electrons. The Hall–Kier alpha value is -1.43. The number of aliphatic hydroxyl groups excluding tert-OH is 1. The first kappa shape index (κ1) is 12.6. The van der Waals surface area contributed by atoms with Crippen LogP contribution in [0.2, 0.25) is 0 Å². The van der Waals surface area contributed by atoms with Crippen molar-refractivity contribution in [1.29, 1.82) is 0 Å². The number of aliphatic hydroxyl groups is 1. The minimum atomic E-state index is -0.200. The van der Waals surface area contributed by atoms with Crippen molar-refractivity contribution >= 4 is 5.96 Å². The van der Waals surface area contributed by atoms with Crippen LogP contribution in [0.5, 0.6) is 0 Å². The summed E-state index contributed by atoms with van der Waals surface area (Å²) >= 11 is 0. The fourth-order valence-electron chi connectivity index (χ4n) is 2.11. The van der Waals surface area contributed by atoms with Gasteiger partial charge in [-0.15, -0.1) is 5.10 Å². The molecule has 6 nitrogen and oxygen atoms in total. The molecular formula is C10H21N5O. The van der Waals surface area contributed by atoms with E-state index in [1.54, 1.807) is 0 Å². The zero-order chi connectivity index (χ0) is 12.3. The van der Waals surface area contributed by atoms with Gasteiger partial charge in [0.1, 0.15) is 5.76 Å². The zero-order valence-electron chi connectivity index (χ0n) is 9.93. The van der Waals surface area contributed by atoms with Crippen molar-refractivity contribution in [3.05, 3.63) is 12.3 Å². The average molecular weight is 227 g/mol. The summed E-state index contributed by atoms with van der Waals surface area (Å²) in [6, 6.07) is -0.200. The van der Waals surface area contributed by atoms with E-state index in [0.29, 0.717) is 5.96 Å². The predicted octanol–water partition coefficient (Wildman–Crippen LogP) is 0.194. The van der Waals surface area contributed by atoms with E-state index in [1.807, 2.05) is 18.7 Å². The smallest absolute Gasteiger partial charge is 0.233 e. The average Bonchev–Trinajstić information content (AvgIpc) is 2.16. The van der Waals surface area contributed by atoms with E-state index in [1.165, 1.54) is 5.01 Å². The summed E-state index contributed by atoms with van der Waals surface area (Å²) in [5.74, 6) is 11.9. The van der Waals surface area contributed by atoms with Crippen LogP contribution < -0.4 is 11.7 Å². The molecule has 0 amide bonds.